The van der Waals surface area contributed by atoms with E-state index in [4.69, 9.17) is 4.74 Å². The number of nitrogens with zero attached hydrogens (tertiary/aromatic N) is 1. The number of carbonyl (C=O) groups is 1. The number of ketones is 1. The fourth-order valence-corrected chi connectivity index (χ4v) is 2.71. The molecule has 0 spiro atoms. The lowest BCUT2D eigenvalue weighted by molar-refractivity contribution is 0.0993. The smallest absolute Gasteiger partial charge is 0.167 e. The van der Waals surface area contributed by atoms with E-state index in [0.717, 1.165) is 17.6 Å². The average molecular weight is 432 g/mol. The van der Waals surface area contributed by atoms with E-state index in [2.05, 4.69) is 27.4 Å². The topological polar surface area (TPSA) is 29.5 Å². The molecule has 0 heterocycles. The van der Waals surface area contributed by atoms with Crippen LogP contribution in [0.25, 0.3) is 0 Å². The summed E-state index contributed by atoms with van der Waals surface area (Å²) >= 11 is 3.34. The molecule has 0 aliphatic heterocycles. The fraction of sp³-hybridized carbons (Fsp3) is 0.227. The zero-order chi connectivity index (χ0) is 19.6. The highest BCUT2D eigenvalue weighted by Gasteiger charge is 2.10. The molecule has 2 aromatic rings. The molecule has 0 radical (unpaired) electrons. The van der Waals surface area contributed by atoms with Crippen molar-refractivity contribution >= 4 is 21.7 Å². The van der Waals surface area contributed by atoms with Gasteiger partial charge in [0.05, 0.1) is 0 Å². The normalized spacial score (nSPS) is 11.1. The summed E-state index contributed by atoms with van der Waals surface area (Å²) in [5.41, 5.74) is 1.22. The molecule has 2 aromatic carbocycles. The van der Waals surface area contributed by atoms with Gasteiger partial charge in [-0.25, -0.2) is 4.39 Å². The van der Waals surface area contributed by atoms with Crippen molar-refractivity contribution in [2.75, 3.05) is 26.7 Å². The lowest BCUT2D eigenvalue weighted by Gasteiger charge is -2.10. The molecule has 0 N–H and O–H groups in total. The highest BCUT2D eigenvalue weighted by Crippen LogP contribution is 2.20. The van der Waals surface area contributed by atoms with Gasteiger partial charge in [-0.1, -0.05) is 52.4 Å². The molecular formula is C22H23BrFNO2. The number of likely N-dealkylation sites (N-methyl/N-ethyl adjacent to an activating group) is 1. The quantitative estimate of drug-likeness (QED) is 0.388. The van der Waals surface area contributed by atoms with E-state index < -0.39 is 5.82 Å². The highest BCUT2D eigenvalue weighted by molar-refractivity contribution is 9.10. The fourth-order valence-electron chi connectivity index (χ4n) is 2.45. The Morgan fingerprint density at radius 1 is 1.19 bits per heavy atom. The maximum atomic E-state index is 14.2. The van der Waals surface area contributed by atoms with Gasteiger partial charge in [-0.05, 0) is 36.9 Å². The van der Waals surface area contributed by atoms with Gasteiger partial charge < -0.3 is 4.74 Å². The first kappa shape index (κ1) is 21.1. The van der Waals surface area contributed by atoms with Crippen LogP contribution < -0.4 is 4.74 Å². The van der Waals surface area contributed by atoms with E-state index in [1.165, 1.54) is 6.07 Å². The van der Waals surface area contributed by atoms with Gasteiger partial charge >= 0.3 is 0 Å². The van der Waals surface area contributed by atoms with Crippen LogP contribution in [-0.2, 0) is 6.42 Å². The number of hydrogen-bond acceptors (Lipinski definition) is 3. The highest BCUT2D eigenvalue weighted by atomic mass is 79.9. The third-order valence-corrected chi connectivity index (χ3v) is 4.42. The molecule has 27 heavy (non-hydrogen) atoms. The van der Waals surface area contributed by atoms with E-state index in [1.54, 1.807) is 24.3 Å². The summed E-state index contributed by atoms with van der Waals surface area (Å²) in [7, 11) is 1.99. The van der Waals surface area contributed by atoms with Crippen LogP contribution in [0.2, 0.25) is 0 Å². The van der Waals surface area contributed by atoms with Crippen molar-refractivity contribution in [2.24, 2.45) is 0 Å². The molecule has 0 saturated carbocycles. The number of Topliss-reactive ketones (excluding diaryl/α,β-unsaturated/α-hetero) is 1. The van der Waals surface area contributed by atoms with Crippen LogP contribution in [0.4, 0.5) is 4.39 Å². The van der Waals surface area contributed by atoms with Crippen LogP contribution in [0, 0.1) is 5.82 Å². The minimum Gasteiger partial charge on any atom is -0.486 e. The minimum absolute atomic E-state index is 0.0536. The third kappa shape index (κ3) is 7.12. The van der Waals surface area contributed by atoms with Crippen molar-refractivity contribution in [1.29, 1.82) is 0 Å². The zero-order valence-corrected chi connectivity index (χ0v) is 16.9. The van der Waals surface area contributed by atoms with Crippen molar-refractivity contribution in [2.45, 2.75) is 6.42 Å². The maximum absolute atomic E-state index is 14.2. The van der Waals surface area contributed by atoms with E-state index >= 15 is 0 Å². The Morgan fingerprint density at radius 2 is 1.93 bits per heavy atom. The molecule has 0 bridgehead atoms. The largest absolute Gasteiger partial charge is 0.486 e. The molecule has 0 aliphatic carbocycles. The predicted molar refractivity (Wildman–Crippen MR) is 111 cm³/mol. The SMILES string of the molecule is C=CCN(C)CC=CCOc1ccc(CC(=O)c2ccc(Br)cc2)cc1F. The number of hydrogen-bond donors (Lipinski definition) is 0. The van der Waals surface area contributed by atoms with Gasteiger partial charge in [-0.3, -0.25) is 9.69 Å². The minimum atomic E-state index is -0.465. The second-order valence-corrected chi connectivity index (χ2v) is 7.08. The van der Waals surface area contributed by atoms with Crippen LogP contribution in [0.15, 0.2) is 71.7 Å². The monoisotopic (exact) mass is 431 g/mol. The molecule has 0 fully saturated rings. The Bertz CT molecular complexity index is 802. The lowest BCUT2D eigenvalue weighted by Crippen LogP contribution is -2.17. The average Bonchev–Trinajstić information content (AvgIpc) is 2.63. The molecule has 142 valence electrons. The third-order valence-electron chi connectivity index (χ3n) is 3.89. The summed E-state index contributed by atoms with van der Waals surface area (Å²) in [6, 6.07) is 11.8. The maximum Gasteiger partial charge on any atom is 0.167 e. The molecule has 0 unspecified atom stereocenters. The predicted octanol–water partition coefficient (Wildman–Crippen LogP) is 5.07. The molecule has 5 heteroatoms. The molecule has 0 saturated heterocycles. The lowest BCUT2D eigenvalue weighted by atomic mass is 10.0. The number of carbonyl (C=O) groups excluding carboxylic acids is 1. The van der Waals surface area contributed by atoms with Crippen molar-refractivity contribution < 1.29 is 13.9 Å². The Kier molecular flexibility index (Phi) is 8.43. The number of benzene rings is 2. The van der Waals surface area contributed by atoms with Crippen molar-refractivity contribution in [3.63, 3.8) is 0 Å². The van der Waals surface area contributed by atoms with Crippen molar-refractivity contribution in [3.05, 3.63) is 88.7 Å². The van der Waals surface area contributed by atoms with E-state index in [0.29, 0.717) is 11.1 Å². The first-order valence-corrected chi connectivity index (χ1v) is 9.43. The molecule has 3 nitrogen and oxygen atoms in total. The zero-order valence-electron chi connectivity index (χ0n) is 15.3. The Morgan fingerprint density at radius 3 is 2.59 bits per heavy atom. The van der Waals surface area contributed by atoms with Crippen molar-refractivity contribution in [1.82, 2.24) is 4.90 Å². The van der Waals surface area contributed by atoms with E-state index in [-0.39, 0.29) is 24.6 Å². The van der Waals surface area contributed by atoms with Crippen LogP contribution in [-0.4, -0.2) is 37.4 Å². The molecule has 2 rings (SSSR count). The van der Waals surface area contributed by atoms with Crippen LogP contribution in [0.1, 0.15) is 15.9 Å². The second-order valence-electron chi connectivity index (χ2n) is 6.16. The summed E-state index contributed by atoms with van der Waals surface area (Å²) in [5, 5.41) is 0. The van der Waals surface area contributed by atoms with Crippen LogP contribution in [0.5, 0.6) is 5.75 Å². The van der Waals surface area contributed by atoms with Gasteiger partial charge in [-0.15, -0.1) is 6.58 Å². The summed E-state index contributed by atoms with van der Waals surface area (Å²) in [5.74, 6) is -0.339. The standard InChI is InChI=1S/C22H23BrFNO2/c1-3-12-25(2)13-4-5-14-27-22-11-6-17(15-20(22)24)16-21(26)18-7-9-19(23)10-8-18/h3-11,15H,1,12-14,16H2,2H3. The number of halogens is 2. The van der Waals surface area contributed by atoms with Gasteiger partial charge in [0.2, 0.25) is 0 Å². The Hall–Kier alpha value is -2.24. The van der Waals surface area contributed by atoms with E-state index in [1.807, 2.05) is 37.4 Å². The second kappa shape index (κ2) is 10.8. The first-order chi connectivity index (χ1) is 13.0. The molecule has 0 atom stereocenters. The van der Waals surface area contributed by atoms with Gasteiger partial charge in [-0.2, -0.15) is 0 Å². The van der Waals surface area contributed by atoms with Gasteiger partial charge in [0.1, 0.15) is 6.61 Å². The van der Waals surface area contributed by atoms with Gasteiger partial charge in [0.15, 0.2) is 17.3 Å². The molecule has 0 aromatic heterocycles. The molecule has 0 aliphatic rings. The van der Waals surface area contributed by atoms with Crippen molar-refractivity contribution in [3.8, 4) is 5.75 Å². The van der Waals surface area contributed by atoms with Gasteiger partial charge in [0, 0.05) is 29.5 Å². The Labute approximate surface area is 168 Å². The van der Waals surface area contributed by atoms with Crippen LogP contribution in [0.3, 0.4) is 0 Å². The number of ether oxygens (including phenoxy) is 1. The Balaban J connectivity index is 1.87. The van der Waals surface area contributed by atoms with Crippen LogP contribution >= 0.6 is 15.9 Å². The molecular weight excluding hydrogens is 409 g/mol. The summed E-state index contributed by atoms with van der Waals surface area (Å²) in [6.45, 7) is 5.55. The molecule has 0 amide bonds. The number of rotatable bonds is 10. The van der Waals surface area contributed by atoms with Gasteiger partial charge in [0.25, 0.3) is 0 Å². The van der Waals surface area contributed by atoms with E-state index in [9.17, 15) is 9.18 Å². The summed E-state index contributed by atoms with van der Waals surface area (Å²) < 4.78 is 20.6. The summed E-state index contributed by atoms with van der Waals surface area (Å²) in [4.78, 5) is 14.4. The summed E-state index contributed by atoms with van der Waals surface area (Å²) in [6.07, 6.45) is 5.80. The first-order valence-electron chi connectivity index (χ1n) is 8.64.